The third-order valence-corrected chi connectivity index (χ3v) is 4.14. The Bertz CT molecular complexity index is 460. The Balaban J connectivity index is 2.23. The molecule has 20 heavy (non-hydrogen) atoms. The molecule has 2 atom stereocenters. The zero-order valence-corrected chi connectivity index (χ0v) is 11.6. The smallest absolute Gasteiger partial charge is 0.387 e. The molecule has 1 aliphatic rings. The Kier molecular flexibility index (Phi) is 5.10. The predicted octanol–water partition coefficient (Wildman–Crippen LogP) is 4.69. The molecule has 110 valence electrons. The molecule has 0 N–H and O–H groups in total. The SMILES string of the molecule is CCC1CCCCC1C(=O)c1ccccc1OC(F)F. The van der Waals surface area contributed by atoms with Gasteiger partial charge >= 0.3 is 6.61 Å². The van der Waals surface area contributed by atoms with Crippen molar-refractivity contribution in [1.82, 2.24) is 0 Å². The van der Waals surface area contributed by atoms with Crippen LogP contribution in [0.1, 0.15) is 49.4 Å². The van der Waals surface area contributed by atoms with Crippen molar-refractivity contribution < 1.29 is 18.3 Å². The summed E-state index contributed by atoms with van der Waals surface area (Å²) in [7, 11) is 0. The highest BCUT2D eigenvalue weighted by Crippen LogP contribution is 2.36. The van der Waals surface area contributed by atoms with Crippen LogP contribution in [0, 0.1) is 11.8 Å². The number of benzene rings is 1. The molecule has 0 aliphatic heterocycles. The van der Waals surface area contributed by atoms with Gasteiger partial charge in [0.05, 0.1) is 5.56 Å². The Morgan fingerprint density at radius 3 is 2.70 bits per heavy atom. The molecule has 4 heteroatoms. The molecule has 0 bridgehead atoms. The van der Waals surface area contributed by atoms with Crippen LogP contribution >= 0.6 is 0 Å². The highest BCUT2D eigenvalue weighted by molar-refractivity contribution is 6.00. The van der Waals surface area contributed by atoms with Gasteiger partial charge in [-0.05, 0) is 30.9 Å². The number of alkyl halides is 2. The molecule has 0 amide bonds. The molecule has 1 saturated carbocycles. The normalized spacial score (nSPS) is 22.8. The van der Waals surface area contributed by atoms with Gasteiger partial charge < -0.3 is 4.74 Å². The van der Waals surface area contributed by atoms with Gasteiger partial charge in [-0.1, -0.05) is 38.3 Å². The van der Waals surface area contributed by atoms with E-state index in [1.807, 2.05) is 0 Å². The molecule has 1 aromatic carbocycles. The highest BCUT2D eigenvalue weighted by atomic mass is 19.3. The molecule has 1 fully saturated rings. The minimum Gasteiger partial charge on any atom is -0.434 e. The second kappa shape index (κ2) is 6.82. The van der Waals surface area contributed by atoms with Crippen LogP contribution in [0.15, 0.2) is 24.3 Å². The minimum absolute atomic E-state index is 0.00655. The van der Waals surface area contributed by atoms with Crippen LogP contribution in [-0.2, 0) is 0 Å². The topological polar surface area (TPSA) is 26.3 Å². The van der Waals surface area contributed by atoms with Crippen LogP contribution in [0.5, 0.6) is 5.75 Å². The number of carbonyl (C=O) groups is 1. The van der Waals surface area contributed by atoms with Crippen molar-refractivity contribution in [3.8, 4) is 5.75 Å². The quantitative estimate of drug-likeness (QED) is 0.732. The average Bonchev–Trinajstić information content (AvgIpc) is 2.46. The third-order valence-electron chi connectivity index (χ3n) is 4.14. The van der Waals surface area contributed by atoms with E-state index in [1.54, 1.807) is 18.2 Å². The lowest BCUT2D eigenvalue weighted by Gasteiger charge is -2.30. The summed E-state index contributed by atoms with van der Waals surface area (Å²) < 4.78 is 29.3. The third kappa shape index (κ3) is 3.35. The lowest BCUT2D eigenvalue weighted by atomic mass is 9.74. The molecular formula is C16H20F2O2. The van der Waals surface area contributed by atoms with Crippen LogP contribution in [0.25, 0.3) is 0 Å². The van der Waals surface area contributed by atoms with Crippen molar-refractivity contribution in [3.63, 3.8) is 0 Å². The van der Waals surface area contributed by atoms with Crippen molar-refractivity contribution in [3.05, 3.63) is 29.8 Å². The summed E-state index contributed by atoms with van der Waals surface area (Å²) in [6.07, 6.45) is 5.03. The van der Waals surface area contributed by atoms with E-state index in [0.29, 0.717) is 5.92 Å². The maximum atomic E-state index is 12.6. The van der Waals surface area contributed by atoms with E-state index in [4.69, 9.17) is 0 Å². The van der Waals surface area contributed by atoms with Crippen molar-refractivity contribution in [2.24, 2.45) is 11.8 Å². The first-order valence-electron chi connectivity index (χ1n) is 7.21. The van der Waals surface area contributed by atoms with Gasteiger partial charge in [-0.25, -0.2) is 0 Å². The van der Waals surface area contributed by atoms with Crippen molar-refractivity contribution in [2.45, 2.75) is 45.6 Å². The number of ether oxygens (including phenoxy) is 1. The predicted molar refractivity (Wildman–Crippen MR) is 73.1 cm³/mol. The Labute approximate surface area is 118 Å². The number of hydrogen-bond acceptors (Lipinski definition) is 2. The van der Waals surface area contributed by atoms with E-state index in [-0.39, 0.29) is 23.0 Å². The highest BCUT2D eigenvalue weighted by Gasteiger charge is 2.31. The zero-order valence-electron chi connectivity index (χ0n) is 11.6. The minimum atomic E-state index is -2.91. The van der Waals surface area contributed by atoms with E-state index in [9.17, 15) is 13.6 Å². The van der Waals surface area contributed by atoms with Gasteiger partial charge in [0.15, 0.2) is 5.78 Å². The van der Waals surface area contributed by atoms with E-state index in [0.717, 1.165) is 32.1 Å². The summed E-state index contributed by atoms with van der Waals surface area (Å²) >= 11 is 0. The maximum Gasteiger partial charge on any atom is 0.387 e. The van der Waals surface area contributed by atoms with Gasteiger partial charge in [-0.2, -0.15) is 8.78 Å². The van der Waals surface area contributed by atoms with Crippen LogP contribution < -0.4 is 4.74 Å². The van der Waals surface area contributed by atoms with E-state index >= 15 is 0 Å². The lowest BCUT2D eigenvalue weighted by molar-refractivity contribution is -0.0502. The first kappa shape index (κ1) is 14.9. The molecule has 2 nitrogen and oxygen atoms in total. The standard InChI is InChI=1S/C16H20F2O2/c1-2-11-7-3-4-8-12(11)15(19)13-9-5-6-10-14(13)20-16(17)18/h5-6,9-12,16H,2-4,7-8H2,1H3. The van der Waals surface area contributed by atoms with Crippen LogP contribution in [0.3, 0.4) is 0 Å². The number of hydrogen-bond donors (Lipinski definition) is 0. The molecule has 0 saturated heterocycles. The van der Waals surface area contributed by atoms with Crippen molar-refractivity contribution >= 4 is 5.78 Å². The molecule has 2 rings (SSSR count). The number of para-hydroxylation sites is 1. The van der Waals surface area contributed by atoms with E-state index in [2.05, 4.69) is 11.7 Å². The van der Waals surface area contributed by atoms with Crippen molar-refractivity contribution in [1.29, 1.82) is 0 Å². The van der Waals surface area contributed by atoms with Crippen molar-refractivity contribution in [2.75, 3.05) is 0 Å². The number of Topliss-reactive ketones (excluding diaryl/α,β-unsaturated/α-hetero) is 1. The fourth-order valence-corrected chi connectivity index (χ4v) is 3.11. The number of halogens is 2. The second-order valence-electron chi connectivity index (χ2n) is 5.30. The molecule has 1 aromatic rings. The Morgan fingerprint density at radius 2 is 2.00 bits per heavy atom. The molecular weight excluding hydrogens is 262 g/mol. The average molecular weight is 282 g/mol. The summed E-state index contributed by atoms with van der Waals surface area (Å²) in [5, 5.41) is 0. The van der Waals surface area contributed by atoms with Gasteiger partial charge in [-0.3, -0.25) is 4.79 Å². The summed E-state index contributed by atoms with van der Waals surface area (Å²) in [6.45, 7) is -0.824. The molecule has 0 spiro atoms. The van der Waals surface area contributed by atoms with E-state index < -0.39 is 6.61 Å². The molecule has 1 aliphatic carbocycles. The lowest BCUT2D eigenvalue weighted by Crippen LogP contribution is -2.27. The largest absolute Gasteiger partial charge is 0.434 e. The summed E-state index contributed by atoms with van der Waals surface area (Å²) in [6, 6.07) is 6.31. The fraction of sp³-hybridized carbons (Fsp3) is 0.562. The van der Waals surface area contributed by atoms with Gasteiger partial charge in [0.25, 0.3) is 0 Å². The summed E-state index contributed by atoms with van der Waals surface area (Å²) in [5.41, 5.74) is 0.290. The molecule has 2 unspecified atom stereocenters. The number of carbonyl (C=O) groups excluding carboxylic acids is 1. The summed E-state index contributed by atoms with van der Waals surface area (Å²) in [5.74, 6) is 0.243. The first-order valence-corrected chi connectivity index (χ1v) is 7.21. The van der Waals surface area contributed by atoms with E-state index in [1.165, 1.54) is 6.07 Å². The van der Waals surface area contributed by atoms with Gasteiger partial charge in [-0.15, -0.1) is 0 Å². The second-order valence-corrected chi connectivity index (χ2v) is 5.30. The Morgan fingerprint density at radius 1 is 1.30 bits per heavy atom. The molecule has 0 aromatic heterocycles. The number of ketones is 1. The summed E-state index contributed by atoms with van der Waals surface area (Å²) in [4.78, 5) is 12.6. The van der Waals surface area contributed by atoms with Gasteiger partial charge in [0.2, 0.25) is 0 Å². The van der Waals surface area contributed by atoms with Gasteiger partial charge in [0.1, 0.15) is 5.75 Å². The zero-order chi connectivity index (χ0) is 14.5. The monoisotopic (exact) mass is 282 g/mol. The van der Waals surface area contributed by atoms with Crippen LogP contribution in [0.4, 0.5) is 8.78 Å². The number of rotatable bonds is 5. The first-order chi connectivity index (χ1) is 9.63. The fourth-order valence-electron chi connectivity index (χ4n) is 3.11. The van der Waals surface area contributed by atoms with Gasteiger partial charge in [0, 0.05) is 5.92 Å². The molecule has 0 heterocycles. The Hall–Kier alpha value is -1.45. The molecule has 0 radical (unpaired) electrons. The van der Waals surface area contributed by atoms with Crippen LogP contribution in [0.2, 0.25) is 0 Å². The maximum absolute atomic E-state index is 12.6. The van der Waals surface area contributed by atoms with Crippen LogP contribution in [-0.4, -0.2) is 12.4 Å².